The smallest absolute Gasteiger partial charge is 0.303 e. The van der Waals surface area contributed by atoms with Gasteiger partial charge in [-0.2, -0.15) is 0 Å². The summed E-state index contributed by atoms with van der Waals surface area (Å²) in [5.74, 6) is 1.66. The maximum atomic E-state index is 11.0. The normalized spacial score (nSPS) is 15.2. The number of aromatic nitrogens is 1. The van der Waals surface area contributed by atoms with Gasteiger partial charge in [-0.25, -0.2) is 4.98 Å². The highest BCUT2D eigenvalue weighted by atomic mass is 16.5. The fourth-order valence-electron chi connectivity index (χ4n) is 4.45. The van der Waals surface area contributed by atoms with E-state index in [1.807, 2.05) is 19.1 Å². The molecule has 2 aromatic carbocycles. The Bertz CT molecular complexity index is 1130. The first-order valence-corrected chi connectivity index (χ1v) is 11.2. The number of nitrogens with zero attached hydrogens (tertiary/aromatic N) is 1. The summed E-state index contributed by atoms with van der Waals surface area (Å²) in [5, 5.41) is 9.09. The topological polar surface area (TPSA) is 77.0 Å². The third kappa shape index (κ3) is 4.70. The lowest BCUT2D eigenvalue weighted by Crippen LogP contribution is -3.00. The maximum absolute atomic E-state index is 11.0. The van der Waals surface area contributed by atoms with E-state index >= 15 is 0 Å². The average molecular weight is 436 g/mol. The molecule has 0 saturated carbocycles. The largest absolute Gasteiger partial charge is 0.493 e. The number of aliphatic carboxylic acids is 1. The van der Waals surface area contributed by atoms with Gasteiger partial charge >= 0.3 is 5.97 Å². The first-order chi connectivity index (χ1) is 15.3. The van der Waals surface area contributed by atoms with E-state index in [-0.39, 0.29) is 12.3 Å². The number of aryl methyl sites for hydroxylation is 3. The molecule has 1 aromatic heterocycles. The second-order valence-corrected chi connectivity index (χ2v) is 8.84. The molecule has 0 unspecified atom stereocenters. The summed E-state index contributed by atoms with van der Waals surface area (Å²) >= 11 is 0. The van der Waals surface area contributed by atoms with Gasteiger partial charge < -0.3 is 19.2 Å². The van der Waals surface area contributed by atoms with Crippen LogP contribution < -0.4 is 9.64 Å². The van der Waals surface area contributed by atoms with Crippen LogP contribution in [-0.4, -0.2) is 36.8 Å². The molecular formula is C26H31N2O4+. The molecule has 4 rings (SSSR count). The summed E-state index contributed by atoms with van der Waals surface area (Å²) < 4.78 is 12.0. The highest BCUT2D eigenvalue weighted by Gasteiger charge is 2.25. The first kappa shape index (κ1) is 22.1. The van der Waals surface area contributed by atoms with Gasteiger partial charge in [0.05, 0.1) is 32.8 Å². The van der Waals surface area contributed by atoms with Crippen LogP contribution in [0.25, 0.3) is 11.5 Å². The van der Waals surface area contributed by atoms with Crippen molar-refractivity contribution in [3.63, 3.8) is 0 Å². The highest BCUT2D eigenvalue weighted by molar-refractivity contribution is 5.68. The maximum Gasteiger partial charge on any atom is 0.303 e. The monoisotopic (exact) mass is 435 g/mol. The molecule has 0 saturated heterocycles. The zero-order chi connectivity index (χ0) is 22.8. The van der Waals surface area contributed by atoms with Crippen molar-refractivity contribution in [1.29, 1.82) is 0 Å². The molecule has 0 fully saturated rings. The third-order valence-electron chi connectivity index (χ3n) is 6.27. The molecule has 1 atom stereocenters. The third-order valence-corrected chi connectivity index (χ3v) is 6.27. The molecule has 1 aliphatic rings. The SMILES string of the molecule is Cc1cc([NH+](C)C)ccc1-c1nc(CCOc2ccc3c(c2)CC[C@H]3CC(=O)O)c(C)o1. The number of quaternary nitrogens is 1. The minimum atomic E-state index is -0.740. The summed E-state index contributed by atoms with van der Waals surface area (Å²) in [7, 11) is 4.22. The zero-order valence-electron chi connectivity index (χ0n) is 19.2. The number of ether oxygens (including phenoxy) is 1. The van der Waals surface area contributed by atoms with E-state index in [0.717, 1.165) is 46.7 Å². The van der Waals surface area contributed by atoms with Crippen LogP contribution in [0.4, 0.5) is 5.69 Å². The number of oxazole rings is 1. The number of nitrogens with one attached hydrogen (secondary N) is 1. The van der Waals surface area contributed by atoms with Crippen molar-refractivity contribution < 1.29 is 24.0 Å². The molecule has 0 radical (unpaired) electrons. The van der Waals surface area contributed by atoms with Gasteiger partial charge in [0.2, 0.25) is 5.89 Å². The first-order valence-electron chi connectivity index (χ1n) is 11.2. The Balaban J connectivity index is 1.39. The van der Waals surface area contributed by atoms with E-state index in [1.54, 1.807) is 0 Å². The molecule has 0 spiro atoms. The summed E-state index contributed by atoms with van der Waals surface area (Å²) in [6.45, 7) is 4.53. The van der Waals surface area contributed by atoms with Crippen molar-refractivity contribution in [2.75, 3.05) is 20.7 Å². The molecule has 6 nitrogen and oxygen atoms in total. The van der Waals surface area contributed by atoms with E-state index in [2.05, 4.69) is 45.3 Å². The fraction of sp³-hybridized carbons (Fsp3) is 0.385. The molecule has 0 aliphatic heterocycles. The summed E-state index contributed by atoms with van der Waals surface area (Å²) in [6, 6.07) is 12.4. The molecule has 1 aliphatic carbocycles. The van der Waals surface area contributed by atoms with E-state index in [9.17, 15) is 4.79 Å². The van der Waals surface area contributed by atoms with Crippen LogP contribution >= 0.6 is 0 Å². The second kappa shape index (κ2) is 9.17. The van der Waals surface area contributed by atoms with Crippen LogP contribution in [0.15, 0.2) is 40.8 Å². The Morgan fingerprint density at radius 3 is 2.75 bits per heavy atom. The van der Waals surface area contributed by atoms with Crippen LogP contribution in [0.3, 0.4) is 0 Å². The van der Waals surface area contributed by atoms with Gasteiger partial charge in [0, 0.05) is 18.1 Å². The van der Waals surface area contributed by atoms with Gasteiger partial charge in [-0.1, -0.05) is 6.07 Å². The Morgan fingerprint density at radius 1 is 1.22 bits per heavy atom. The number of hydrogen-bond acceptors (Lipinski definition) is 4. The number of fused-ring (bicyclic) bond motifs is 1. The summed E-state index contributed by atoms with van der Waals surface area (Å²) in [5.41, 5.74) is 6.64. The minimum Gasteiger partial charge on any atom is -0.493 e. The Kier molecular flexibility index (Phi) is 6.33. The molecule has 2 N–H and O–H groups in total. The number of rotatable bonds is 8. The summed E-state index contributed by atoms with van der Waals surface area (Å²) in [4.78, 5) is 17.1. The van der Waals surface area contributed by atoms with Gasteiger partial charge in [0.1, 0.15) is 17.2 Å². The van der Waals surface area contributed by atoms with E-state index in [4.69, 9.17) is 19.2 Å². The molecule has 3 aromatic rings. The Morgan fingerprint density at radius 2 is 2.03 bits per heavy atom. The van der Waals surface area contributed by atoms with Crippen LogP contribution in [0, 0.1) is 13.8 Å². The molecule has 32 heavy (non-hydrogen) atoms. The molecule has 0 amide bonds. The number of carbonyl (C=O) groups is 1. The van der Waals surface area contributed by atoms with Gasteiger partial charge in [-0.05, 0) is 73.6 Å². The fourth-order valence-corrected chi connectivity index (χ4v) is 4.45. The van der Waals surface area contributed by atoms with Crippen molar-refractivity contribution in [2.45, 2.75) is 45.4 Å². The summed E-state index contributed by atoms with van der Waals surface area (Å²) in [6.07, 6.45) is 2.65. The van der Waals surface area contributed by atoms with Crippen LogP contribution in [0.2, 0.25) is 0 Å². The Hall–Kier alpha value is -3.12. The Labute approximate surface area is 188 Å². The minimum absolute atomic E-state index is 0.115. The number of carboxylic acid groups (broad SMARTS) is 1. The molecule has 6 heteroatoms. The van der Waals surface area contributed by atoms with Crippen molar-refractivity contribution >= 4 is 11.7 Å². The van der Waals surface area contributed by atoms with E-state index < -0.39 is 5.97 Å². The molecule has 0 bridgehead atoms. The van der Waals surface area contributed by atoms with Crippen molar-refractivity contribution in [3.05, 3.63) is 64.5 Å². The van der Waals surface area contributed by atoms with Gasteiger partial charge in [0.25, 0.3) is 0 Å². The zero-order valence-corrected chi connectivity index (χ0v) is 19.2. The van der Waals surface area contributed by atoms with Gasteiger partial charge in [-0.3, -0.25) is 4.79 Å². The van der Waals surface area contributed by atoms with Gasteiger partial charge in [-0.15, -0.1) is 0 Å². The van der Waals surface area contributed by atoms with E-state index in [1.165, 1.54) is 16.2 Å². The van der Waals surface area contributed by atoms with Crippen LogP contribution in [0.1, 0.15) is 46.9 Å². The predicted octanol–water partition coefficient (Wildman–Crippen LogP) is 3.86. The van der Waals surface area contributed by atoms with Crippen LogP contribution in [0.5, 0.6) is 5.75 Å². The van der Waals surface area contributed by atoms with E-state index in [0.29, 0.717) is 18.9 Å². The number of hydrogen-bond donors (Lipinski definition) is 2. The predicted molar refractivity (Wildman–Crippen MR) is 123 cm³/mol. The van der Waals surface area contributed by atoms with Crippen molar-refractivity contribution in [3.8, 4) is 17.2 Å². The number of benzene rings is 2. The average Bonchev–Trinajstić information content (AvgIpc) is 3.30. The van der Waals surface area contributed by atoms with Crippen molar-refractivity contribution in [2.24, 2.45) is 0 Å². The lowest BCUT2D eigenvalue weighted by atomic mass is 9.98. The quantitative estimate of drug-likeness (QED) is 0.562. The molecular weight excluding hydrogens is 404 g/mol. The lowest BCUT2D eigenvalue weighted by molar-refractivity contribution is -0.786. The number of carboxylic acids is 1. The molecule has 1 heterocycles. The highest BCUT2D eigenvalue weighted by Crippen LogP contribution is 2.37. The van der Waals surface area contributed by atoms with Crippen LogP contribution in [-0.2, 0) is 17.6 Å². The second-order valence-electron chi connectivity index (χ2n) is 8.84. The molecule has 168 valence electrons. The standard InChI is InChI=1S/C26H30N2O4/c1-16-13-20(28(3)4)7-9-22(16)26-27-24(17(2)32-26)11-12-31-21-8-10-23-18(14-21)5-6-19(23)15-25(29)30/h7-10,13-14,19H,5-6,11-12,15H2,1-4H3,(H,29,30)/p+1/t19-/m0/s1. The van der Waals surface area contributed by atoms with Gasteiger partial charge in [0.15, 0.2) is 0 Å². The lowest BCUT2D eigenvalue weighted by Gasteiger charge is -2.10. The van der Waals surface area contributed by atoms with Crippen molar-refractivity contribution in [1.82, 2.24) is 4.98 Å².